The lowest BCUT2D eigenvalue weighted by Gasteiger charge is -2.20. The Balaban J connectivity index is 2.72. The van der Waals surface area contributed by atoms with E-state index in [4.69, 9.17) is 14.2 Å². The van der Waals surface area contributed by atoms with Crippen LogP contribution in [0.25, 0.3) is 0 Å². The van der Waals surface area contributed by atoms with E-state index in [1.165, 1.54) is 0 Å². The highest BCUT2D eigenvalue weighted by Crippen LogP contribution is 2.29. The third-order valence-electron chi connectivity index (χ3n) is 3.26. The molecule has 5 heteroatoms. The van der Waals surface area contributed by atoms with Gasteiger partial charge in [-0.2, -0.15) is 0 Å². The predicted octanol–water partition coefficient (Wildman–Crippen LogP) is 1.75. The quantitative estimate of drug-likeness (QED) is 0.723. The number of hydrogen-bond acceptors (Lipinski definition) is 5. The lowest BCUT2D eigenvalue weighted by atomic mass is 10.1. The maximum absolute atomic E-state index is 10.3. The molecule has 1 aromatic rings. The van der Waals surface area contributed by atoms with Gasteiger partial charge in [0.25, 0.3) is 0 Å². The highest BCUT2D eigenvalue weighted by Gasteiger charge is 2.16. The van der Waals surface area contributed by atoms with Crippen LogP contribution in [0, 0.1) is 0 Å². The largest absolute Gasteiger partial charge is 0.497 e. The van der Waals surface area contributed by atoms with Gasteiger partial charge >= 0.3 is 0 Å². The molecule has 0 aliphatic heterocycles. The summed E-state index contributed by atoms with van der Waals surface area (Å²) in [4.78, 5) is 0. The van der Waals surface area contributed by atoms with Gasteiger partial charge in [0.15, 0.2) is 0 Å². The molecule has 5 nitrogen and oxygen atoms in total. The molecule has 114 valence electrons. The molecule has 0 saturated carbocycles. The van der Waals surface area contributed by atoms with Gasteiger partial charge < -0.3 is 24.6 Å². The molecule has 2 N–H and O–H groups in total. The Hall–Kier alpha value is -1.30. The fourth-order valence-electron chi connectivity index (χ4n) is 2.01. The average molecular weight is 283 g/mol. The van der Waals surface area contributed by atoms with E-state index in [1.54, 1.807) is 33.5 Å². The van der Waals surface area contributed by atoms with Crippen LogP contribution in [0.5, 0.6) is 11.5 Å². The van der Waals surface area contributed by atoms with Crippen molar-refractivity contribution in [2.24, 2.45) is 0 Å². The zero-order valence-corrected chi connectivity index (χ0v) is 12.7. The Kier molecular flexibility index (Phi) is 7.36. The lowest BCUT2D eigenvalue weighted by molar-refractivity contribution is 0.136. The average Bonchev–Trinajstić information content (AvgIpc) is 2.50. The standard InChI is InChI=1S/C15H25NO4/c1-5-11(10-18-2)16-9-14(17)13-8-12(19-3)6-7-15(13)20-4/h6-8,11,14,16-17H,5,9-10H2,1-4H3. The first-order chi connectivity index (χ1) is 9.65. The normalized spacial score (nSPS) is 13.8. The van der Waals surface area contributed by atoms with E-state index in [9.17, 15) is 5.11 Å². The Labute approximate surface area is 120 Å². The molecule has 20 heavy (non-hydrogen) atoms. The van der Waals surface area contributed by atoms with Gasteiger partial charge in [0.05, 0.1) is 26.9 Å². The summed E-state index contributed by atoms with van der Waals surface area (Å²) < 4.78 is 15.6. The first-order valence-corrected chi connectivity index (χ1v) is 6.78. The Morgan fingerprint density at radius 3 is 2.50 bits per heavy atom. The predicted molar refractivity (Wildman–Crippen MR) is 78.5 cm³/mol. The fourth-order valence-corrected chi connectivity index (χ4v) is 2.01. The van der Waals surface area contributed by atoms with Gasteiger partial charge in [-0.3, -0.25) is 0 Å². The second kappa shape index (κ2) is 8.79. The second-order valence-electron chi connectivity index (χ2n) is 4.59. The molecule has 0 heterocycles. The van der Waals surface area contributed by atoms with Gasteiger partial charge in [-0.1, -0.05) is 6.92 Å². The van der Waals surface area contributed by atoms with Gasteiger partial charge in [-0.25, -0.2) is 0 Å². The van der Waals surface area contributed by atoms with Crippen LogP contribution in [0.4, 0.5) is 0 Å². The van der Waals surface area contributed by atoms with Gasteiger partial charge in [-0.05, 0) is 24.6 Å². The van der Waals surface area contributed by atoms with Crippen molar-refractivity contribution in [1.82, 2.24) is 5.32 Å². The number of methoxy groups -OCH3 is 3. The zero-order chi connectivity index (χ0) is 15.0. The molecule has 2 unspecified atom stereocenters. The molecule has 1 aromatic carbocycles. The van der Waals surface area contributed by atoms with Crippen molar-refractivity contribution >= 4 is 0 Å². The minimum absolute atomic E-state index is 0.228. The van der Waals surface area contributed by atoms with Gasteiger partial charge in [-0.15, -0.1) is 0 Å². The second-order valence-corrected chi connectivity index (χ2v) is 4.59. The van der Waals surface area contributed by atoms with E-state index in [2.05, 4.69) is 12.2 Å². The van der Waals surface area contributed by atoms with Gasteiger partial charge in [0, 0.05) is 25.3 Å². The molecular weight excluding hydrogens is 258 g/mol. The summed E-state index contributed by atoms with van der Waals surface area (Å²) in [5.74, 6) is 1.35. The molecule has 1 rings (SSSR count). The smallest absolute Gasteiger partial charge is 0.124 e. The van der Waals surface area contributed by atoms with E-state index < -0.39 is 6.10 Å². The molecular formula is C15H25NO4. The highest BCUT2D eigenvalue weighted by atomic mass is 16.5. The Morgan fingerprint density at radius 2 is 1.95 bits per heavy atom. The van der Waals surface area contributed by atoms with Crippen LogP contribution in [-0.2, 0) is 4.74 Å². The summed E-state index contributed by atoms with van der Waals surface area (Å²) in [5.41, 5.74) is 0.714. The van der Waals surface area contributed by atoms with E-state index in [-0.39, 0.29) is 6.04 Å². The zero-order valence-electron chi connectivity index (χ0n) is 12.7. The summed E-state index contributed by atoms with van der Waals surface area (Å²) >= 11 is 0. The van der Waals surface area contributed by atoms with Crippen LogP contribution < -0.4 is 14.8 Å². The molecule has 0 bridgehead atoms. The molecule has 0 aliphatic rings. The summed E-state index contributed by atoms with van der Waals surface area (Å²) in [6, 6.07) is 5.63. The van der Waals surface area contributed by atoms with Crippen LogP contribution in [0.1, 0.15) is 25.0 Å². The molecule has 0 aromatic heterocycles. The van der Waals surface area contributed by atoms with Crippen LogP contribution in [0.2, 0.25) is 0 Å². The van der Waals surface area contributed by atoms with Crippen LogP contribution in [0.3, 0.4) is 0 Å². The molecule has 0 fully saturated rings. The van der Waals surface area contributed by atoms with Crippen LogP contribution in [0.15, 0.2) is 18.2 Å². The monoisotopic (exact) mass is 283 g/mol. The van der Waals surface area contributed by atoms with E-state index in [0.29, 0.717) is 30.2 Å². The minimum Gasteiger partial charge on any atom is -0.497 e. The Bertz CT molecular complexity index is 397. The fraction of sp³-hybridized carbons (Fsp3) is 0.600. The first kappa shape index (κ1) is 16.8. The first-order valence-electron chi connectivity index (χ1n) is 6.78. The van der Waals surface area contributed by atoms with Crippen molar-refractivity contribution in [3.05, 3.63) is 23.8 Å². The van der Waals surface area contributed by atoms with Crippen molar-refractivity contribution in [2.75, 3.05) is 34.5 Å². The molecule has 2 atom stereocenters. The topological polar surface area (TPSA) is 60.0 Å². The van der Waals surface area contributed by atoms with Crippen molar-refractivity contribution in [3.63, 3.8) is 0 Å². The summed E-state index contributed by atoms with van der Waals surface area (Å²) in [5, 5.41) is 13.6. The summed E-state index contributed by atoms with van der Waals surface area (Å²) in [7, 11) is 4.86. The molecule has 0 spiro atoms. The van der Waals surface area contributed by atoms with Crippen LogP contribution in [-0.4, -0.2) is 45.6 Å². The maximum atomic E-state index is 10.3. The van der Waals surface area contributed by atoms with Crippen molar-refractivity contribution in [2.45, 2.75) is 25.5 Å². The maximum Gasteiger partial charge on any atom is 0.124 e. The number of aliphatic hydroxyl groups excluding tert-OH is 1. The van der Waals surface area contributed by atoms with Gasteiger partial charge in [0.1, 0.15) is 11.5 Å². The van der Waals surface area contributed by atoms with E-state index >= 15 is 0 Å². The number of nitrogens with one attached hydrogen (secondary N) is 1. The Morgan fingerprint density at radius 1 is 1.20 bits per heavy atom. The minimum atomic E-state index is -0.661. The third-order valence-corrected chi connectivity index (χ3v) is 3.26. The van der Waals surface area contributed by atoms with Crippen molar-refractivity contribution < 1.29 is 19.3 Å². The van der Waals surface area contributed by atoms with E-state index in [1.807, 2.05) is 6.07 Å². The number of ether oxygens (including phenoxy) is 3. The number of benzene rings is 1. The van der Waals surface area contributed by atoms with Crippen molar-refractivity contribution in [3.8, 4) is 11.5 Å². The SMILES string of the molecule is CCC(COC)NCC(O)c1cc(OC)ccc1OC. The molecule has 0 aliphatic carbocycles. The molecule has 0 amide bonds. The number of rotatable bonds is 9. The number of hydrogen-bond donors (Lipinski definition) is 2. The van der Waals surface area contributed by atoms with Crippen LogP contribution >= 0.6 is 0 Å². The number of aliphatic hydroxyl groups is 1. The molecule has 0 saturated heterocycles. The summed E-state index contributed by atoms with van der Waals surface area (Å²) in [6.45, 7) is 3.14. The third kappa shape index (κ3) is 4.67. The van der Waals surface area contributed by atoms with Crippen molar-refractivity contribution in [1.29, 1.82) is 0 Å². The summed E-state index contributed by atoms with van der Waals surface area (Å²) in [6.07, 6.45) is 0.279. The van der Waals surface area contributed by atoms with E-state index in [0.717, 1.165) is 6.42 Å². The molecule has 0 radical (unpaired) electrons. The lowest BCUT2D eigenvalue weighted by Crippen LogP contribution is -2.35. The van der Waals surface area contributed by atoms with Gasteiger partial charge in [0.2, 0.25) is 0 Å². The highest BCUT2D eigenvalue weighted by molar-refractivity contribution is 5.41.